The second kappa shape index (κ2) is 8.53. The number of aryl methyl sites for hydroxylation is 1. The molecule has 2 heterocycles. The SMILES string of the molecule is COC(=O)c1c(N2C(N)=C(C#N)C(c3ccccc3)C3=C2CCCC3=O)sc2c1CCCC2. The van der Waals surface area contributed by atoms with E-state index in [-0.39, 0.29) is 5.78 Å². The van der Waals surface area contributed by atoms with Crippen molar-refractivity contribution in [3.05, 3.63) is 74.6 Å². The Morgan fingerprint density at radius 2 is 1.91 bits per heavy atom. The highest BCUT2D eigenvalue weighted by Crippen LogP contribution is 2.50. The fraction of sp³-hybridized carbons (Fsp3) is 0.346. The van der Waals surface area contributed by atoms with E-state index in [4.69, 9.17) is 10.5 Å². The van der Waals surface area contributed by atoms with Crippen LogP contribution >= 0.6 is 11.3 Å². The van der Waals surface area contributed by atoms with Crippen LogP contribution in [0.2, 0.25) is 0 Å². The minimum Gasteiger partial charge on any atom is -0.465 e. The molecule has 1 aromatic heterocycles. The molecule has 1 aliphatic heterocycles. The molecule has 168 valence electrons. The predicted molar refractivity (Wildman–Crippen MR) is 127 cm³/mol. The van der Waals surface area contributed by atoms with Crippen molar-refractivity contribution in [1.29, 1.82) is 5.26 Å². The van der Waals surface area contributed by atoms with Gasteiger partial charge in [-0.1, -0.05) is 30.3 Å². The van der Waals surface area contributed by atoms with Crippen LogP contribution in [0.25, 0.3) is 0 Å². The average Bonchev–Trinajstić information content (AvgIpc) is 3.22. The van der Waals surface area contributed by atoms with Gasteiger partial charge in [0.25, 0.3) is 0 Å². The summed E-state index contributed by atoms with van der Waals surface area (Å²) >= 11 is 1.54. The zero-order valence-electron chi connectivity index (χ0n) is 18.5. The van der Waals surface area contributed by atoms with Gasteiger partial charge in [-0.3, -0.25) is 9.69 Å². The van der Waals surface area contributed by atoms with Gasteiger partial charge in [0.2, 0.25) is 0 Å². The predicted octanol–water partition coefficient (Wildman–Crippen LogP) is 4.72. The number of ketones is 1. The van der Waals surface area contributed by atoms with E-state index in [0.717, 1.165) is 47.4 Å². The van der Waals surface area contributed by atoms with Gasteiger partial charge >= 0.3 is 5.97 Å². The van der Waals surface area contributed by atoms with Crippen molar-refractivity contribution in [1.82, 2.24) is 0 Å². The number of thiophene rings is 1. The molecule has 0 saturated heterocycles. The minimum atomic E-state index is -0.494. The summed E-state index contributed by atoms with van der Waals surface area (Å²) in [5.74, 6) is -0.559. The number of carbonyl (C=O) groups is 2. The maximum Gasteiger partial charge on any atom is 0.341 e. The first-order chi connectivity index (χ1) is 16.1. The van der Waals surface area contributed by atoms with Crippen LogP contribution in [0.4, 0.5) is 5.00 Å². The van der Waals surface area contributed by atoms with Crippen LogP contribution in [0.1, 0.15) is 64.4 Å². The maximum atomic E-state index is 13.3. The minimum absolute atomic E-state index is 0.0382. The van der Waals surface area contributed by atoms with Crippen molar-refractivity contribution in [2.45, 2.75) is 50.9 Å². The largest absolute Gasteiger partial charge is 0.465 e. The molecule has 1 unspecified atom stereocenters. The van der Waals surface area contributed by atoms with Gasteiger partial charge in [0.1, 0.15) is 10.8 Å². The molecule has 2 aliphatic carbocycles. The summed E-state index contributed by atoms with van der Waals surface area (Å²) in [5, 5.41) is 10.9. The smallest absolute Gasteiger partial charge is 0.341 e. The van der Waals surface area contributed by atoms with Crippen LogP contribution in [0.3, 0.4) is 0 Å². The fourth-order valence-corrected chi connectivity index (χ4v) is 6.73. The first-order valence-corrected chi connectivity index (χ1v) is 12.1. The molecular weight excluding hydrogens is 434 g/mol. The topological polar surface area (TPSA) is 96.4 Å². The van der Waals surface area contributed by atoms with E-state index in [1.165, 1.54) is 18.4 Å². The van der Waals surface area contributed by atoms with E-state index in [1.54, 1.807) is 0 Å². The number of methoxy groups -OCH3 is 1. The third kappa shape index (κ3) is 3.37. The van der Waals surface area contributed by atoms with Crippen molar-refractivity contribution in [3.8, 4) is 6.07 Å². The summed E-state index contributed by atoms with van der Waals surface area (Å²) in [5.41, 5.74) is 10.9. The summed E-state index contributed by atoms with van der Waals surface area (Å²) in [6.07, 6.45) is 5.63. The Labute approximate surface area is 197 Å². The number of rotatable bonds is 3. The Morgan fingerprint density at radius 3 is 2.64 bits per heavy atom. The number of hydrogen-bond donors (Lipinski definition) is 1. The molecule has 1 atom stereocenters. The second-order valence-corrected chi connectivity index (χ2v) is 9.69. The van der Waals surface area contributed by atoms with Gasteiger partial charge in [-0.25, -0.2) is 4.79 Å². The van der Waals surface area contributed by atoms with E-state index in [9.17, 15) is 14.9 Å². The van der Waals surface area contributed by atoms with E-state index < -0.39 is 11.9 Å². The molecule has 0 saturated carbocycles. The van der Waals surface area contributed by atoms with Crippen molar-refractivity contribution < 1.29 is 14.3 Å². The van der Waals surface area contributed by atoms with E-state index in [2.05, 4.69) is 6.07 Å². The lowest BCUT2D eigenvalue weighted by molar-refractivity contribution is -0.116. The zero-order valence-corrected chi connectivity index (χ0v) is 19.3. The van der Waals surface area contributed by atoms with Gasteiger partial charge < -0.3 is 10.5 Å². The van der Waals surface area contributed by atoms with Crippen LogP contribution < -0.4 is 10.6 Å². The molecule has 3 aliphatic rings. The molecule has 0 spiro atoms. The van der Waals surface area contributed by atoms with Gasteiger partial charge in [0.15, 0.2) is 5.78 Å². The van der Waals surface area contributed by atoms with E-state index >= 15 is 0 Å². The van der Waals surface area contributed by atoms with Crippen LogP contribution in [-0.2, 0) is 22.4 Å². The summed E-state index contributed by atoms with van der Waals surface area (Å²) in [7, 11) is 1.38. The standard InChI is InChI=1S/C26H25N3O3S/c1-32-26(31)22-16-10-5-6-13-20(16)33-25(22)29-18-11-7-12-19(30)23(18)21(17(14-27)24(29)28)15-8-3-2-4-9-15/h2-4,8-9,21H,5-7,10-13,28H2,1H3. The molecule has 0 radical (unpaired) electrons. The number of nitriles is 1. The molecule has 33 heavy (non-hydrogen) atoms. The molecule has 2 aromatic rings. The van der Waals surface area contributed by atoms with Crippen molar-refractivity contribution in [2.24, 2.45) is 5.73 Å². The first-order valence-electron chi connectivity index (χ1n) is 11.3. The highest BCUT2D eigenvalue weighted by molar-refractivity contribution is 7.16. The molecule has 0 amide bonds. The zero-order chi connectivity index (χ0) is 23.1. The number of allylic oxidation sites excluding steroid dienone is 3. The molecule has 0 fully saturated rings. The summed E-state index contributed by atoms with van der Waals surface area (Å²) in [6.45, 7) is 0. The molecule has 2 N–H and O–H groups in total. The van der Waals surface area contributed by atoms with Gasteiger partial charge in [-0.15, -0.1) is 11.3 Å². The molecule has 6 nitrogen and oxygen atoms in total. The van der Waals surface area contributed by atoms with Crippen molar-refractivity contribution >= 4 is 28.1 Å². The Kier molecular flexibility index (Phi) is 5.55. The average molecular weight is 460 g/mol. The monoisotopic (exact) mass is 459 g/mol. The number of anilines is 1. The Balaban J connectivity index is 1.78. The Morgan fingerprint density at radius 1 is 1.15 bits per heavy atom. The lowest BCUT2D eigenvalue weighted by Crippen LogP contribution is -2.39. The van der Waals surface area contributed by atoms with Crippen molar-refractivity contribution in [3.63, 3.8) is 0 Å². The summed E-state index contributed by atoms with van der Waals surface area (Å²) in [4.78, 5) is 29.2. The number of ether oxygens (including phenoxy) is 1. The van der Waals surface area contributed by atoms with Gasteiger partial charge in [0, 0.05) is 22.6 Å². The Bertz CT molecular complexity index is 1250. The number of hydrogen-bond acceptors (Lipinski definition) is 7. The lowest BCUT2D eigenvalue weighted by Gasteiger charge is -2.39. The second-order valence-electron chi connectivity index (χ2n) is 8.61. The molecule has 7 heteroatoms. The molecule has 1 aromatic carbocycles. The Hall–Kier alpha value is -3.37. The van der Waals surface area contributed by atoms with Crippen LogP contribution in [0.5, 0.6) is 0 Å². The highest BCUT2D eigenvalue weighted by atomic mass is 32.1. The lowest BCUT2D eigenvalue weighted by atomic mass is 9.75. The fourth-order valence-electron chi connectivity index (χ4n) is 5.32. The number of Topliss-reactive ketones (excluding diaryl/α,β-unsaturated/α-hetero) is 1. The number of nitrogens with zero attached hydrogens (tertiary/aromatic N) is 2. The number of fused-ring (bicyclic) bond motifs is 1. The highest BCUT2D eigenvalue weighted by Gasteiger charge is 2.42. The van der Waals surface area contributed by atoms with Crippen molar-refractivity contribution in [2.75, 3.05) is 12.0 Å². The van der Waals surface area contributed by atoms with Gasteiger partial charge in [-0.05, 0) is 49.7 Å². The number of benzene rings is 1. The summed E-state index contributed by atoms with van der Waals surface area (Å²) in [6, 6.07) is 11.9. The molecule has 5 rings (SSSR count). The van der Waals surface area contributed by atoms with Crippen LogP contribution in [0.15, 0.2) is 53.0 Å². The number of carbonyl (C=O) groups excluding carboxylic acids is 2. The molecular formula is C26H25N3O3S. The normalized spacial score (nSPS) is 20.3. The van der Waals surface area contributed by atoms with E-state index in [0.29, 0.717) is 46.8 Å². The molecule has 0 bridgehead atoms. The first kappa shape index (κ1) is 21.5. The maximum absolute atomic E-state index is 13.3. The number of esters is 1. The summed E-state index contributed by atoms with van der Waals surface area (Å²) < 4.78 is 5.16. The van der Waals surface area contributed by atoms with Crippen LogP contribution in [-0.4, -0.2) is 18.9 Å². The van der Waals surface area contributed by atoms with E-state index in [1.807, 2.05) is 35.2 Å². The van der Waals surface area contributed by atoms with Gasteiger partial charge in [-0.2, -0.15) is 5.26 Å². The quantitative estimate of drug-likeness (QED) is 0.667. The third-order valence-electron chi connectivity index (χ3n) is 6.79. The van der Waals surface area contributed by atoms with Crippen LogP contribution in [0, 0.1) is 11.3 Å². The van der Waals surface area contributed by atoms with Gasteiger partial charge in [0.05, 0.1) is 30.2 Å². The third-order valence-corrected chi connectivity index (χ3v) is 8.07. The number of nitrogens with two attached hydrogens (primary N) is 1.